The number of nitriles is 1. The molecule has 0 bridgehead atoms. The van der Waals surface area contributed by atoms with Gasteiger partial charge in [0.05, 0.1) is 18.2 Å². The van der Waals surface area contributed by atoms with Crippen molar-refractivity contribution >= 4 is 9.84 Å². The molecule has 1 aromatic heterocycles. The zero-order valence-corrected chi connectivity index (χ0v) is 16.9. The van der Waals surface area contributed by atoms with Gasteiger partial charge in [-0.1, -0.05) is 12.1 Å². The van der Waals surface area contributed by atoms with E-state index in [0.29, 0.717) is 30.0 Å². The van der Waals surface area contributed by atoms with Crippen molar-refractivity contribution < 1.29 is 13.2 Å². The Morgan fingerprint density at radius 1 is 1.29 bits per heavy atom. The minimum absolute atomic E-state index is 0.0546. The molecule has 0 spiro atoms. The lowest BCUT2D eigenvalue weighted by atomic mass is 10.1. The molecule has 2 aromatic rings. The minimum Gasteiger partial charge on any atom is -0.476 e. The number of sulfone groups is 1. The molecule has 3 rings (SSSR count). The molecule has 1 saturated heterocycles. The monoisotopic (exact) mass is 400 g/mol. The van der Waals surface area contributed by atoms with Gasteiger partial charge in [-0.05, 0) is 43.5 Å². The average molecular weight is 401 g/mol. The van der Waals surface area contributed by atoms with Gasteiger partial charge in [0.25, 0.3) is 0 Å². The minimum atomic E-state index is -3.35. The maximum Gasteiger partial charge on any atom is 0.233 e. The van der Waals surface area contributed by atoms with Crippen molar-refractivity contribution in [2.24, 2.45) is 5.92 Å². The Morgan fingerprint density at radius 3 is 2.79 bits per heavy atom. The highest BCUT2D eigenvalue weighted by molar-refractivity contribution is 7.90. The quantitative estimate of drug-likeness (QED) is 0.702. The lowest BCUT2D eigenvalue weighted by Gasteiger charge is -2.21. The average Bonchev–Trinajstić information content (AvgIpc) is 3.04. The van der Waals surface area contributed by atoms with Crippen molar-refractivity contribution in [2.45, 2.75) is 30.8 Å². The van der Waals surface area contributed by atoms with E-state index in [4.69, 9.17) is 10.00 Å². The van der Waals surface area contributed by atoms with Crippen molar-refractivity contribution in [1.29, 1.82) is 5.26 Å². The van der Waals surface area contributed by atoms with Gasteiger partial charge in [-0.25, -0.2) is 8.42 Å². The highest BCUT2D eigenvalue weighted by Gasteiger charge is 2.29. The van der Waals surface area contributed by atoms with Gasteiger partial charge in [0, 0.05) is 37.4 Å². The second kappa shape index (κ2) is 8.67. The molecule has 1 aliphatic rings. The van der Waals surface area contributed by atoms with Gasteiger partial charge in [-0.2, -0.15) is 5.26 Å². The molecule has 7 nitrogen and oxygen atoms in total. The van der Waals surface area contributed by atoms with Gasteiger partial charge in [0.15, 0.2) is 14.9 Å². The molecule has 0 amide bonds. The number of hydrogen-bond acceptors (Lipinski definition) is 7. The predicted molar refractivity (Wildman–Crippen MR) is 105 cm³/mol. The third-order valence-corrected chi connectivity index (χ3v) is 5.97. The fourth-order valence-corrected chi connectivity index (χ4v) is 4.01. The van der Waals surface area contributed by atoms with E-state index in [1.54, 1.807) is 6.07 Å². The van der Waals surface area contributed by atoms with E-state index >= 15 is 0 Å². The molecule has 2 atom stereocenters. The molecule has 0 N–H and O–H groups in total. The second-order valence-corrected chi connectivity index (χ2v) is 9.26. The third kappa shape index (κ3) is 5.27. The molecule has 1 aliphatic heterocycles. The van der Waals surface area contributed by atoms with Crippen molar-refractivity contribution in [2.75, 3.05) is 26.0 Å². The van der Waals surface area contributed by atoms with Crippen LogP contribution in [0.1, 0.15) is 24.5 Å². The van der Waals surface area contributed by atoms with Crippen LogP contribution in [0.2, 0.25) is 0 Å². The second-order valence-electron chi connectivity index (χ2n) is 7.30. The summed E-state index contributed by atoms with van der Waals surface area (Å²) in [6.07, 6.45) is 3.04. The normalized spacial score (nSPS) is 20.0. The standard InChI is InChI=1S/C20H24N4O3S/c1-15-10-18(14-27-19-6-7-20(23-22-19)28(2,25)26)13-24(15)9-8-16-4-3-5-17(11-16)12-21/h3-7,11,15,18H,8-10,13-14H2,1-2H3. The fourth-order valence-electron chi connectivity index (χ4n) is 3.50. The molecule has 0 radical (unpaired) electrons. The molecule has 28 heavy (non-hydrogen) atoms. The maximum absolute atomic E-state index is 11.4. The molecule has 148 valence electrons. The van der Waals surface area contributed by atoms with Crippen molar-refractivity contribution in [3.05, 3.63) is 47.5 Å². The summed E-state index contributed by atoms with van der Waals surface area (Å²) in [5.74, 6) is 0.726. The Kier molecular flexibility index (Phi) is 6.27. The maximum atomic E-state index is 11.4. The van der Waals surface area contributed by atoms with E-state index < -0.39 is 9.84 Å². The first-order valence-electron chi connectivity index (χ1n) is 9.25. The third-order valence-electron chi connectivity index (χ3n) is 5.00. The van der Waals surface area contributed by atoms with Gasteiger partial charge in [-0.15, -0.1) is 10.2 Å². The van der Waals surface area contributed by atoms with E-state index in [1.165, 1.54) is 11.6 Å². The number of rotatable bonds is 7. The summed E-state index contributed by atoms with van der Waals surface area (Å²) >= 11 is 0. The lowest BCUT2D eigenvalue weighted by Crippen LogP contribution is -2.29. The summed E-state index contributed by atoms with van der Waals surface area (Å²) in [6, 6.07) is 13.3. The molecule has 2 unspecified atom stereocenters. The van der Waals surface area contributed by atoms with Crippen LogP contribution in [0, 0.1) is 17.2 Å². The van der Waals surface area contributed by atoms with Gasteiger partial charge in [0.1, 0.15) is 0 Å². The fraction of sp³-hybridized carbons (Fsp3) is 0.450. The molecule has 0 aliphatic carbocycles. The Hall–Kier alpha value is -2.50. The van der Waals surface area contributed by atoms with E-state index in [-0.39, 0.29) is 5.03 Å². The van der Waals surface area contributed by atoms with Crippen LogP contribution in [0.3, 0.4) is 0 Å². The van der Waals surface area contributed by atoms with E-state index in [0.717, 1.165) is 32.2 Å². The van der Waals surface area contributed by atoms with Gasteiger partial charge < -0.3 is 4.74 Å². The lowest BCUT2D eigenvalue weighted by molar-refractivity contribution is 0.227. The van der Waals surface area contributed by atoms with Crippen molar-refractivity contribution in [1.82, 2.24) is 15.1 Å². The van der Waals surface area contributed by atoms with Gasteiger partial charge >= 0.3 is 0 Å². The largest absolute Gasteiger partial charge is 0.476 e. The zero-order chi connectivity index (χ0) is 20.1. The van der Waals surface area contributed by atoms with Crippen LogP contribution in [0.5, 0.6) is 5.88 Å². The number of benzene rings is 1. The summed E-state index contributed by atoms with van der Waals surface area (Å²) in [4.78, 5) is 2.44. The summed E-state index contributed by atoms with van der Waals surface area (Å²) in [7, 11) is -3.35. The van der Waals surface area contributed by atoms with E-state index in [9.17, 15) is 8.42 Å². The van der Waals surface area contributed by atoms with Crippen LogP contribution in [-0.4, -0.2) is 55.5 Å². The first kappa shape index (κ1) is 20.2. The number of aromatic nitrogens is 2. The van der Waals surface area contributed by atoms with E-state index in [2.05, 4.69) is 34.2 Å². The molecular formula is C20H24N4O3S. The molecule has 1 fully saturated rings. The Bertz CT molecular complexity index is 954. The number of nitrogens with zero attached hydrogens (tertiary/aromatic N) is 4. The van der Waals surface area contributed by atoms with Gasteiger partial charge in [0.2, 0.25) is 5.88 Å². The van der Waals surface area contributed by atoms with Crippen LogP contribution < -0.4 is 4.74 Å². The molecule has 2 heterocycles. The molecular weight excluding hydrogens is 376 g/mol. The number of ether oxygens (including phenoxy) is 1. The van der Waals surface area contributed by atoms with Crippen LogP contribution >= 0.6 is 0 Å². The molecule has 0 saturated carbocycles. The topological polar surface area (TPSA) is 96.2 Å². The zero-order valence-electron chi connectivity index (χ0n) is 16.1. The van der Waals surface area contributed by atoms with Crippen molar-refractivity contribution in [3.8, 4) is 11.9 Å². The predicted octanol–water partition coefficient (Wildman–Crippen LogP) is 2.08. The summed E-state index contributed by atoms with van der Waals surface area (Å²) in [5.41, 5.74) is 1.87. The highest BCUT2D eigenvalue weighted by atomic mass is 32.2. The summed E-state index contributed by atoms with van der Waals surface area (Å²) in [5, 5.41) is 16.5. The van der Waals surface area contributed by atoms with Crippen LogP contribution in [-0.2, 0) is 16.3 Å². The molecule has 8 heteroatoms. The molecule has 1 aromatic carbocycles. The first-order chi connectivity index (χ1) is 13.3. The summed E-state index contributed by atoms with van der Waals surface area (Å²) in [6.45, 7) is 4.62. The van der Waals surface area contributed by atoms with Crippen molar-refractivity contribution in [3.63, 3.8) is 0 Å². The smallest absolute Gasteiger partial charge is 0.233 e. The Balaban J connectivity index is 1.49. The number of hydrogen-bond donors (Lipinski definition) is 0. The summed E-state index contributed by atoms with van der Waals surface area (Å²) < 4.78 is 28.6. The van der Waals surface area contributed by atoms with Crippen LogP contribution in [0.15, 0.2) is 41.4 Å². The number of likely N-dealkylation sites (tertiary alicyclic amines) is 1. The first-order valence-corrected chi connectivity index (χ1v) is 11.1. The van der Waals surface area contributed by atoms with Crippen LogP contribution in [0.25, 0.3) is 0 Å². The van der Waals surface area contributed by atoms with Gasteiger partial charge in [-0.3, -0.25) is 4.90 Å². The van der Waals surface area contributed by atoms with Crippen LogP contribution in [0.4, 0.5) is 0 Å². The highest BCUT2D eigenvalue weighted by Crippen LogP contribution is 2.24. The Morgan fingerprint density at radius 2 is 2.11 bits per heavy atom. The van der Waals surface area contributed by atoms with E-state index in [1.807, 2.05) is 18.2 Å². The SMILES string of the molecule is CC1CC(COc2ccc(S(C)(=O)=O)nn2)CN1CCc1cccc(C#N)c1. The Labute approximate surface area is 165 Å².